The lowest BCUT2D eigenvalue weighted by Gasteiger charge is -2.10. The molecule has 0 fully saturated rings. The maximum atomic E-state index is 13.1. The van der Waals surface area contributed by atoms with E-state index in [2.05, 4.69) is 5.10 Å². The normalized spacial score (nSPS) is 11.7. The van der Waals surface area contributed by atoms with Gasteiger partial charge in [0.2, 0.25) is 11.5 Å². The zero-order chi connectivity index (χ0) is 20.9. The number of nitrogens with zero attached hydrogens (tertiary/aromatic N) is 2. The zero-order valence-corrected chi connectivity index (χ0v) is 16.5. The number of Topliss-reactive ketones (excluding diaryl/α,β-unsaturated/α-hetero) is 1. The molecule has 0 bridgehead atoms. The summed E-state index contributed by atoms with van der Waals surface area (Å²) in [5.41, 5.74) is -2.46. The van der Waals surface area contributed by atoms with Crippen molar-refractivity contribution in [2.75, 3.05) is 0 Å². The Hall–Kier alpha value is -1.90. The average Bonchev–Trinajstić information content (AvgIpc) is 2.88. The summed E-state index contributed by atoms with van der Waals surface area (Å²) >= 11 is 17.3. The second-order valence-electron chi connectivity index (χ2n) is 4.67. The molecule has 0 aliphatic carbocycles. The molecule has 1 aromatic heterocycles. The summed E-state index contributed by atoms with van der Waals surface area (Å²) in [6.45, 7) is 4.00. The van der Waals surface area contributed by atoms with Crippen molar-refractivity contribution in [1.29, 1.82) is 0 Å². The van der Waals surface area contributed by atoms with Crippen LogP contribution >= 0.6 is 34.8 Å². The highest BCUT2D eigenvalue weighted by Crippen LogP contribution is 2.36. The number of aliphatic hydroxyl groups is 1. The molecule has 27 heavy (non-hydrogen) atoms. The Morgan fingerprint density at radius 3 is 2.15 bits per heavy atom. The number of alkyl halides is 3. The number of rotatable bonds is 4. The molecule has 1 heterocycles. The van der Waals surface area contributed by atoms with Crippen molar-refractivity contribution in [2.24, 2.45) is 7.05 Å². The number of aliphatic hydroxyl groups excluding tert-OH is 1. The quantitative estimate of drug-likeness (QED) is 0.351. The fraction of sp³-hybridized carbons (Fsp3) is 0.250. The van der Waals surface area contributed by atoms with Crippen molar-refractivity contribution in [1.82, 2.24) is 9.78 Å². The molecule has 148 valence electrons. The summed E-state index contributed by atoms with van der Waals surface area (Å²) in [5.74, 6) is -2.21. The summed E-state index contributed by atoms with van der Waals surface area (Å²) in [6.07, 6.45) is -4.73. The van der Waals surface area contributed by atoms with E-state index in [1.165, 1.54) is 18.2 Å². The summed E-state index contributed by atoms with van der Waals surface area (Å²) in [4.78, 5) is 12.4. The van der Waals surface area contributed by atoms with Gasteiger partial charge in [0, 0.05) is 17.1 Å². The van der Waals surface area contributed by atoms with Crippen LogP contribution in [-0.4, -0.2) is 20.7 Å². The summed E-state index contributed by atoms with van der Waals surface area (Å²) in [5, 5.41) is 12.2. The number of carbonyl (C=O) groups excluding carboxylic acids is 1. The van der Waals surface area contributed by atoms with Crippen LogP contribution in [0.5, 0.6) is 5.75 Å². The van der Waals surface area contributed by atoms with Crippen LogP contribution in [0.1, 0.15) is 29.9 Å². The highest BCUT2D eigenvalue weighted by Gasteiger charge is 2.42. The monoisotopic (exact) mass is 444 g/mol. The number of ketones is 1. The predicted octanol–water partition coefficient (Wildman–Crippen LogP) is 6.09. The second kappa shape index (κ2) is 9.34. The topological polar surface area (TPSA) is 64.4 Å². The lowest BCUT2D eigenvalue weighted by atomic mass is 10.1. The fourth-order valence-corrected chi connectivity index (χ4v) is 2.59. The molecule has 5 nitrogen and oxygen atoms in total. The highest BCUT2D eigenvalue weighted by atomic mass is 35.5. The van der Waals surface area contributed by atoms with Gasteiger partial charge in [-0.25, -0.2) is 0 Å². The zero-order valence-electron chi connectivity index (χ0n) is 14.2. The minimum Gasteiger partial charge on any atom is -0.512 e. The van der Waals surface area contributed by atoms with Crippen LogP contribution in [0, 0.1) is 0 Å². The first-order valence-corrected chi connectivity index (χ1v) is 8.50. The summed E-state index contributed by atoms with van der Waals surface area (Å²) in [7, 11) is 1.13. The second-order valence-corrected chi connectivity index (χ2v) is 5.90. The molecule has 2 rings (SSSR count). The summed E-state index contributed by atoms with van der Waals surface area (Å²) in [6, 6.07) is 3.87. The molecule has 1 N–H and O–H groups in total. The average molecular weight is 446 g/mol. The van der Waals surface area contributed by atoms with Gasteiger partial charge in [0.05, 0.1) is 5.56 Å². The third kappa shape index (κ3) is 5.54. The van der Waals surface area contributed by atoms with Crippen molar-refractivity contribution < 1.29 is 27.8 Å². The fourth-order valence-electron chi connectivity index (χ4n) is 1.87. The van der Waals surface area contributed by atoms with Gasteiger partial charge in [-0.1, -0.05) is 48.7 Å². The number of aryl methyl sites for hydroxylation is 1. The smallest absolute Gasteiger partial charge is 0.435 e. The van der Waals surface area contributed by atoms with Gasteiger partial charge in [0.15, 0.2) is 5.69 Å². The van der Waals surface area contributed by atoms with Crippen molar-refractivity contribution in [3.8, 4) is 5.75 Å². The molecule has 0 saturated carbocycles. The number of hydrogen-bond acceptors (Lipinski definition) is 4. The van der Waals surface area contributed by atoms with Crippen molar-refractivity contribution >= 4 is 40.6 Å². The first-order chi connectivity index (χ1) is 12.5. The van der Waals surface area contributed by atoms with Gasteiger partial charge in [0.1, 0.15) is 17.2 Å². The Kier molecular flexibility index (Phi) is 8.01. The first-order valence-electron chi connectivity index (χ1n) is 7.37. The number of carbonyl (C=O) groups is 1. The largest absolute Gasteiger partial charge is 0.512 e. The Bertz CT molecular complexity index is 844. The van der Waals surface area contributed by atoms with Crippen LogP contribution < -0.4 is 4.74 Å². The molecule has 1 aromatic carbocycles. The maximum absolute atomic E-state index is 13.1. The van der Waals surface area contributed by atoms with E-state index in [1.54, 1.807) is 0 Å². The Balaban J connectivity index is 0.00000176. The molecule has 2 aromatic rings. The number of halogens is 6. The lowest BCUT2D eigenvalue weighted by molar-refractivity contribution is -0.141. The van der Waals surface area contributed by atoms with Gasteiger partial charge < -0.3 is 9.84 Å². The van der Waals surface area contributed by atoms with Gasteiger partial charge >= 0.3 is 6.18 Å². The van der Waals surface area contributed by atoms with Gasteiger partial charge in [-0.3, -0.25) is 9.48 Å². The van der Waals surface area contributed by atoms with Crippen LogP contribution in [0.25, 0.3) is 0 Å². The molecule has 0 atom stereocenters. The van der Waals surface area contributed by atoms with E-state index in [0.29, 0.717) is 4.68 Å². The molecule has 0 aliphatic rings. The highest BCUT2D eigenvalue weighted by molar-refractivity contribution is 6.35. The van der Waals surface area contributed by atoms with E-state index in [4.69, 9.17) is 39.5 Å². The van der Waals surface area contributed by atoms with Gasteiger partial charge in [-0.15, -0.1) is 0 Å². The van der Waals surface area contributed by atoms with E-state index in [9.17, 15) is 23.1 Å². The van der Waals surface area contributed by atoms with E-state index in [1.807, 2.05) is 13.8 Å². The predicted molar refractivity (Wildman–Crippen MR) is 96.7 cm³/mol. The maximum Gasteiger partial charge on any atom is 0.435 e. The molecule has 0 aliphatic heterocycles. The number of hydrogen-bond donors (Lipinski definition) is 1. The van der Waals surface area contributed by atoms with Gasteiger partial charge in [-0.2, -0.15) is 18.3 Å². The van der Waals surface area contributed by atoms with Gasteiger partial charge in [-0.05, 0) is 18.2 Å². The van der Waals surface area contributed by atoms with Crippen LogP contribution in [0.4, 0.5) is 13.2 Å². The van der Waals surface area contributed by atoms with Crippen LogP contribution in [0.3, 0.4) is 0 Å². The molecular weight excluding hydrogens is 432 g/mol. The van der Waals surface area contributed by atoms with E-state index >= 15 is 0 Å². The Labute approximate surface area is 167 Å². The van der Waals surface area contributed by atoms with Crippen LogP contribution in [-0.2, 0) is 13.2 Å². The van der Waals surface area contributed by atoms with Crippen LogP contribution in [0.15, 0.2) is 30.2 Å². The van der Waals surface area contributed by atoms with Crippen molar-refractivity contribution in [2.45, 2.75) is 20.0 Å². The number of ether oxygens (including phenoxy) is 1. The van der Waals surface area contributed by atoms with E-state index in [-0.39, 0.29) is 22.1 Å². The number of allylic oxidation sites excluding steroid dienone is 1. The SMILES string of the molecule is CC.Cn1nc(C(F)(F)F)c(C(=O)/C(=C\O)Oc2cc(Cl)cc(Cl)c2)c1Cl. The molecule has 11 heteroatoms. The molecule has 0 unspecified atom stereocenters. The third-order valence-electron chi connectivity index (χ3n) is 2.88. The Morgan fingerprint density at radius 1 is 1.19 bits per heavy atom. The molecule has 0 spiro atoms. The first kappa shape index (κ1) is 23.1. The lowest BCUT2D eigenvalue weighted by Crippen LogP contribution is -2.16. The Morgan fingerprint density at radius 2 is 1.70 bits per heavy atom. The number of aromatic nitrogens is 2. The standard InChI is InChI=1S/C14H8Cl3F3N2O3.C2H6/c1-22-13(17)10(12(21-22)14(18,19)20)11(24)9(5-23)25-8-3-6(15)2-7(16)4-8;1-2/h2-5,23H,1H3;1-2H3/b9-5+;. The molecule has 0 saturated heterocycles. The third-order valence-corrected chi connectivity index (χ3v) is 3.75. The van der Waals surface area contributed by atoms with Crippen LogP contribution in [0.2, 0.25) is 15.2 Å². The molecule has 0 amide bonds. The molecule has 0 radical (unpaired) electrons. The van der Waals surface area contributed by atoms with Crippen molar-refractivity contribution in [3.05, 3.63) is 56.7 Å². The van der Waals surface area contributed by atoms with E-state index in [0.717, 1.165) is 7.05 Å². The molecular formula is C16H14Cl3F3N2O3. The minimum absolute atomic E-state index is 0.0697. The number of benzene rings is 1. The van der Waals surface area contributed by atoms with Gasteiger partial charge in [0.25, 0.3) is 0 Å². The summed E-state index contributed by atoms with van der Waals surface area (Å²) < 4.78 is 45.0. The van der Waals surface area contributed by atoms with Crippen molar-refractivity contribution in [3.63, 3.8) is 0 Å². The minimum atomic E-state index is -4.93. The van der Waals surface area contributed by atoms with E-state index < -0.39 is 34.1 Å².